The molecular formula is C27H32FN5O3. The van der Waals surface area contributed by atoms with Crippen molar-refractivity contribution in [1.82, 2.24) is 19.7 Å². The molecule has 0 radical (unpaired) electrons. The Labute approximate surface area is 209 Å². The minimum atomic E-state index is -1.07. The Balaban J connectivity index is 1.39. The van der Waals surface area contributed by atoms with Crippen LogP contribution in [-0.4, -0.2) is 74.2 Å². The third kappa shape index (κ3) is 4.24. The van der Waals surface area contributed by atoms with E-state index < -0.39 is 5.97 Å². The van der Waals surface area contributed by atoms with E-state index in [0.717, 1.165) is 87.9 Å². The fourth-order valence-electron chi connectivity index (χ4n) is 5.93. The van der Waals surface area contributed by atoms with Crippen molar-refractivity contribution in [2.75, 3.05) is 31.1 Å². The smallest absolute Gasteiger partial charge is 0.354 e. The molecule has 2 aromatic heterocycles. The second-order valence-corrected chi connectivity index (χ2v) is 10.4. The summed E-state index contributed by atoms with van der Waals surface area (Å²) in [5.41, 5.74) is 3.03. The standard InChI is InChI=1S/C27H32FN5O3/c28-18-4-6-20(7-5-18)33-26-24(25(30-33)17-2-1-3-17)23(16-22(29-26)27(35)36)32-12-8-19(9-13-32)31-14-10-21(34)11-15-31/h4-7,16-17,19,21,34H,1-3,8-15H2,(H,35,36). The van der Waals surface area contributed by atoms with Crippen LogP contribution in [0.2, 0.25) is 0 Å². The highest BCUT2D eigenvalue weighted by molar-refractivity contribution is 5.98. The van der Waals surface area contributed by atoms with Crippen LogP contribution in [0.1, 0.15) is 67.0 Å². The highest BCUT2D eigenvalue weighted by Gasteiger charge is 2.33. The van der Waals surface area contributed by atoms with E-state index in [1.54, 1.807) is 22.9 Å². The number of nitrogens with zero attached hydrogens (tertiary/aromatic N) is 5. The van der Waals surface area contributed by atoms with E-state index in [1.165, 1.54) is 12.1 Å². The maximum Gasteiger partial charge on any atom is 0.354 e. The van der Waals surface area contributed by atoms with Crippen molar-refractivity contribution in [2.45, 2.75) is 63.0 Å². The molecule has 0 amide bonds. The molecule has 6 rings (SSSR count). The molecule has 0 bridgehead atoms. The van der Waals surface area contributed by atoms with Gasteiger partial charge in [-0.1, -0.05) is 6.42 Å². The van der Waals surface area contributed by atoms with Crippen molar-refractivity contribution in [2.24, 2.45) is 0 Å². The van der Waals surface area contributed by atoms with Crippen molar-refractivity contribution in [1.29, 1.82) is 0 Å². The molecule has 1 aromatic carbocycles. The van der Waals surface area contributed by atoms with Crippen LogP contribution in [0.5, 0.6) is 0 Å². The van der Waals surface area contributed by atoms with Crippen LogP contribution in [0.25, 0.3) is 16.7 Å². The summed E-state index contributed by atoms with van der Waals surface area (Å²) in [4.78, 5) is 21.4. The predicted molar refractivity (Wildman–Crippen MR) is 134 cm³/mol. The second kappa shape index (κ2) is 9.44. The molecule has 9 heteroatoms. The summed E-state index contributed by atoms with van der Waals surface area (Å²) in [5, 5.41) is 25.6. The summed E-state index contributed by atoms with van der Waals surface area (Å²) in [6.45, 7) is 3.52. The average molecular weight is 494 g/mol. The summed E-state index contributed by atoms with van der Waals surface area (Å²) >= 11 is 0. The number of piperidine rings is 2. The fraction of sp³-hybridized carbons (Fsp3) is 0.519. The van der Waals surface area contributed by atoms with Gasteiger partial charge < -0.3 is 20.0 Å². The lowest BCUT2D eigenvalue weighted by Crippen LogP contribution is -2.48. The quantitative estimate of drug-likeness (QED) is 0.556. The van der Waals surface area contributed by atoms with Gasteiger partial charge >= 0.3 is 5.97 Å². The zero-order chi connectivity index (χ0) is 24.8. The van der Waals surface area contributed by atoms with E-state index in [0.29, 0.717) is 23.3 Å². The number of carbonyl (C=O) groups is 1. The molecule has 3 fully saturated rings. The van der Waals surface area contributed by atoms with Gasteiger partial charge in [-0.2, -0.15) is 5.10 Å². The van der Waals surface area contributed by atoms with Gasteiger partial charge in [0.2, 0.25) is 0 Å². The minimum Gasteiger partial charge on any atom is -0.477 e. The van der Waals surface area contributed by atoms with Gasteiger partial charge in [0.1, 0.15) is 5.82 Å². The lowest BCUT2D eigenvalue weighted by Gasteiger charge is -2.42. The number of aromatic carboxylic acids is 1. The van der Waals surface area contributed by atoms with E-state index >= 15 is 0 Å². The monoisotopic (exact) mass is 493 g/mol. The zero-order valence-electron chi connectivity index (χ0n) is 20.3. The van der Waals surface area contributed by atoms with Gasteiger partial charge in [-0.15, -0.1) is 0 Å². The molecule has 2 N–H and O–H groups in total. The number of likely N-dealkylation sites (tertiary alicyclic amines) is 1. The fourth-order valence-corrected chi connectivity index (χ4v) is 5.93. The molecular weight excluding hydrogens is 461 g/mol. The number of halogens is 1. The highest BCUT2D eigenvalue weighted by atomic mass is 19.1. The van der Waals surface area contributed by atoms with E-state index in [-0.39, 0.29) is 17.6 Å². The largest absolute Gasteiger partial charge is 0.477 e. The first-order valence-corrected chi connectivity index (χ1v) is 13.1. The number of carboxylic acids is 1. The van der Waals surface area contributed by atoms with Crippen molar-refractivity contribution >= 4 is 22.7 Å². The molecule has 3 aliphatic rings. The Kier molecular flexibility index (Phi) is 6.13. The Morgan fingerprint density at radius 3 is 2.28 bits per heavy atom. The third-order valence-electron chi connectivity index (χ3n) is 8.25. The van der Waals surface area contributed by atoms with Crippen LogP contribution < -0.4 is 4.90 Å². The molecule has 0 atom stereocenters. The first kappa shape index (κ1) is 23.4. The first-order chi connectivity index (χ1) is 17.5. The van der Waals surface area contributed by atoms with Crippen LogP contribution in [0.3, 0.4) is 0 Å². The van der Waals surface area contributed by atoms with Gasteiger partial charge in [-0.05, 0) is 68.9 Å². The number of anilines is 1. The Morgan fingerprint density at radius 2 is 1.67 bits per heavy atom. The predicted octanol–water partition coefficient (Wildman–Crippen LogP) is 3.95. The lowest BCUT2D eigenvalue weighted by molar-refractivity contribution is 0.0542. The number of rotatable bonds is 5. The van der Waals surface area contributed by atoms with Gasteiger partial charge in [0.15, 0.2) is 11.3 Å². The molecule has 4 heterocycles. The van der Waals surface area contributed by atoms with E-state index in [1.807, 2.05) is 0 Å². The van der Waals surface area contributed by atoms with Crippen molar-refractivity contribution in [3.63, 3.8) is 0 Å². The van der Waals surface area contributed by atoms with Crippen LogP contribution >= 0.6 is 0 Å². The summed E-state index contributed by atoms with van der Waals surface area (Å²) in [7, 11) is 0. The van der Waals surface area contributed by atoms with E-state index in [9.17, 15) is 19.4 Å². The molecule has 8 nitrogen and oxygen atoms in total. The molecule has 0 unspecified atom stereocenters. The molecule has 3 aromatic rings. The number of pyridine rings is 1. The van der Waals surface area contributed by atoms with Crippen LogP contribution in [0, 0.1) is 5.82 Å². The maximum absolute atomic E-state index is 13.6. The summed E-state index contributed by atoms with van der Waals surface area (Å²) < 4.78 is 15.3. The Hall–Kier alpha value is -3.04. The topological polar surface area (TPSA) is 94.7 Å². The number of benzene rings is 1. The molecule has 2 saturated heterocycles. The summed E-state index contributed by atoms with van der Waals surface area (Å²) in [6, 6.07) is 8.28. The van der Waals surface area contributed by atoms with Gasteiger partial charge in [-0.3, -0.25) is 0 Å². The minimum absolute atomic E-state index is 0.00642. The molecule has 36 heavy (non-hydrogen) atoms. The van der Waals surface area contributed by atoms with Crippen LogP contribution in [0.15, 0.2) is 30.3 Å². The SMILES string of the molecule is O=C(O)c1cc(N2CCC(N3CCC(O)CC3)CC2)c2c(C3CCC3)nn(-c3ccc(F)cc3)c2n1. The normalized spacial score (nSPS) is 20.7. The average Bonchev–Trinajstić information content (AvgIpc) is 3.22. The van der Waals surface area contributed by atoms with Crippen molar-refractivity contribution in [3.8, 4) is 5.69 Å². The Bertz CT molecular complexity index is 1260. The van der Waals surface area contributed by atoms with Crippen molar-refractivity contribution in [3.05, 3.63) is 47.5 Å². The van der Waals surface area contributed by atoms with Crippen LogP contribution in [0.4, 0.5) is 10.1 Å². The molecule has 0 spiro atoms. The van der Waals surface area contributed by atoms with Crippen molar-refractivity contribution < 1.29 is 19.4 Å². The number of carboxylic acid groups (broad SMARTS) is 1. The summed E-state index contributed by atoms with van der Waals surface area (Å²) in [5.74, 6) is -1.08. The van der Waals surface area contributed by atoms with E-state index in [2.05, 4.69) is 14.8 Å². The number of aliphatic hydroxyl groups excluding tert-OH is 1. The number of aliphatic hydroxyl groups is 1. The highest BCUT2D eigenvalue weighted by Crippen LogP contribution is 2.43. The number of fused-ring (bicyclic) bond motifs is 1. The number of hydrogen-bond acceptors (Lipinski definition) is 6. The third-order valence-corrected chi connectivity index (χ3v) is 8.25. The lowest BCUT2D eigenvalue weighted by atomic mass is 9.82. The Morgan fingerprint density at radius 1 is 0.972 bits per heavy atom. The molecule has 2 aliphatic heterocycles. The molecule has 190 valence electrons. The van der Waals surface area contributed by atoms with Gasteiger partial charge in [0.05, 0.1) is 28.6 Å². The number of hydrogen-bond donors (Lipinski definition) is 2. The molecule has 1 aliphatic carbocycles. The van der Waals surface area contributed by atoms with Gasteiger partial charge in [0, 0.05) is 38.1 Å². The summed E-state index contributed by atoms with van der Waals surface area (Å²) in [6.07, 6.45) is 6.74. The van der Waals surface area contributed by atoms with Gasteiger partial charge in [-0.25, -0.2) is 18.9 Å². The first-order valence-electron chi connectivity index (χ1n) is 13.1. The zero-order valence-corrected chi connectivity index (χ0v) is 20.3. The van der Waals surface area contributed by atoms with E-state index in [4.69, 9.17) is 5.10 Å². The van der Waals surface area contributed by atoms with Gasteiger partial charge in [0.25, 0.3) is 0 Å². The van der Waals surface area contributed by atoms with Crippen LogP contribution in [-0.2, 0) is 0 Å². The molecule has 1 saturated carbocycles. The maximum atomic E-state index is 13.6. The second-order valence-electron chi connectivity index (χ2n) is 10.4. The number of aromatic nitrogens is 3.